The highest BCUT2D eigenvalue weighted by Gasteiger charge is 2.40. The van der Waals surface area contributed by atoms with Gasteiger partial charge in [-0.05, 0) is 53.6 Å². The smallest absolute Gasteiger partial charge is 0.258 e. The number of nitrogens with zero attached hydrogens (tertiary/aromatic N) is 1. The fraction of sp³-hybridized carbons (Fsp3) is 0.310. The number of carbonyl (C=O) groups is 2. The molecule has 182 valence electrons. The summed E-state index contributed by atoms with van der Waals surface area (Å²) < 4.78 is 14.7. The topological polar surface area (TPSA) is 49.4 Å². The number of piperidine rings is 1. The zero-order valence-electron chi connectivity index (χ0n) is 20.2. The van der Waals surface area contributed by atoms with E-state index in [2.05, 4.69) is 26.1 Å². The van der Waals surface area contributed by atoms with Crippen LogP contribution in [0.2, 0.25) is 5.02 Å². The second-order valence-electron chi connectivity index (χ2n) is 10.0. The Morgan fingerprint density at radius 2 is 1.71 bits per heavy atom. The van der Waals surface area contributed by atoms with Crippen LogP contribution in [0.25, 0.3) is 0 Å². The Balaban J connectivity index is 1.68. The summed E-state index contributed by atoms with van der Waals surface area (Å²) >= 11 is 6.23. The largest absolute Gasteiger partial charge is 0.331 e. The van der Waals surface area contributed by atoms with Gasteiger partial charge in [-0.25, -0.2) is 4.39 Å². The van der Waals surface area contributed by atoms with Gasteiger partial charge < -0.3 is 10.2 Å². The molecule has 1 N–H and O–H groups in total. The van der Waals surface area contributed by atoms with Crippen molar-refractivity contribution in [2.45, 2.75) is 45.1 Å². The molecular weight excluding hydrogens is 463 g/mol. The number of nitrogens with one attached hydrogen (secondary N) is 1. The summed E-state index contributed by atoms with van der Waals surface area (Å²) in [5, 5.41) is 3.13. The summed E-state index contributed by atoms with van der Waals surface area (Å²) in [7, 11) is 0. The SMILES string of the molecule is CC(C)(C)c1cccc(NC(=O)C2CCCN(C(=O)c3c(F)cccc3Cl)C2c2ccccc2)c1. The molecule has 0 saturated carbocycles. The number of carbonyl (C=O) groups excluding carboxylic acids is 2. The number of likely N-dealkylation sites (tertiary alicyclic amines) is 1. The Hall–Kier alpha value is -3.18. The lowest BCUT2D eigenvalue weighted by Crippen LogP contribution is -2.46. The van der Waals surface area contributed by atoms with E-state index in [0.29, 0.717) is 19.4 Å². The van der Waals surface area contributed by atoms with Crippen molar-refractivity contribution in [2.75, 3.05) is 11.9 Å². The van der Waals surface area contributed by atoms with Crippen LogP contribution in [0.4, 0.5) is 10.1 Å². The number of anilines is 1. The first-order valence-electron chi connectivity index (χ1n) is 11.9. The summed E-state index contributed by atoms with van der Waals surface area (Å²) in [5.41, 5.74) is 2.45. The van der Waals surface area contributed by atoms with Gasteiger partial charge in [-0.3, -0.25) is 9.59 Å². The Bertz CT molecular complexity index is 1200. The summed E-state index contributed by atoms with van der Waals surface area (Å²) in [6, 6.07) is 21.0. The van der Waals surface area contributed by atoms with Gasteiger partial charge in [0.05, 0.1) is 22.5 Å². The molecule has 1 fully saturated rings. The van der Waals surface area contributed by atoms with E-state index in [1.807, 2.05) is 54.6 Å². The Kier molecular flexibility index (Phi) is 7.27. The average Bonchev–Trinajstić information content (AvgIpc) is 2.83. The number of rotatable bonds is 4. The van der Waals surface area contributed by atoms with Crippen molar-refractivity contribution in [1.82, 2.24) is 4.90 Å². The monoisotopic (exact) mass is 492 g/mol. The molecule has 0 bridgehead atoms. The van der Waals surface area contributed by atoms with Gasteiger partial charge in [0, 0.05) is 12.2 Å². The molecule has 35 heavy (non-hydrogen) atoms. The molecule has 3 aromatic carbocycles. The molecule has 0 aliphatic carbocycles. The molecular formula is C29H30ClFN2O2. The van der Waals surface area contributed by atoms with Gasteiger partial charge >= 0.3 is 0 Å². The molecule has 1 aliphatic rings. The van der Waals surface area contributed by atoms with Crippen molar-refractivity contribution in [3.63, 3.8) is 0 Å². The van der Waals surface area contributed by atoms with Crippen LogP contribution >= 0.6 is 11.6 Å². The van der Waals surface area contributed by atoms with Crippen LogP contribution in [0.15, 0.2) is 72.8 Å². The third-order valence-corrected chi connectivity index (χ3v) is 6.86. The molecule has 1 aliphatic heterocycles. The van der Waals surface area contributed by atoms with E-state index < -0.39 is 23.7 Å². The lowest BCUT2D eigenvalue weighted by Gasteiger charge is -2.41. The van der Waals surface area contributed by atoms with Gasteiger partial charge in [-0.2, -0.15) is 0 Å². The van der Waals surface area contributed by atoms with Crippen molar-refractivity contribution < 1.29 is 14.0 Å². The highest BCUT2D eigenvalue weighted by molar-refractivity contribution is 6.33. The second-order valence-corrected chi connectivity index (χ2v) is 10.4. The molecule has 1 heterocycles. The van der Waals surface area contributed by atoms with Crippen molar-refractivity contribution in [1.29, 1.82) is 0 Å². The van der Waals surface area contributed by atoms with E-state index >= 15 is 0 Å². The van der Waals surface area contributed by atoms with Gasteiger partial charge in [-0.1, -0.05) is 80.9 Å². The first-order valence-corrected chi connectivity index (χ1v) is 12.3. The van der Waals surface area contributed by atoms with E-state index in [9.17, 15) is 14.0 Å². The molecule has 0 radical (unpaired) electrons. The highest BCUT2D eigenvalue weighted by atomic mass is 35.5. The minimum Gasteiger partial charge on any atom is -0.331 e. The fourth-order valence-corrected chi connectivity index (χ4v) is 4.95. The van der Waals surface area contributed by atoms with Crippen LogP contribution in [0, 0.1) is 11.7 Å². The minimum absolute atomic E-state index is 0.0552. The van der Waals surface area contributed by atoms with Gasteiger partial charge in [-0.15, -0.1) is 0 Å². The lowest BCUT2D eigenvalue weighted by molar-refractivity contribution is -0.123. The minimum atomic E-state index is -0.667. The van der Waals surface area contributed by atoms with Gasteiger partial charge in [0.25, 0.3) is 5.91 Å². The normalized spacial score (nSPS) is 18.3. The molecule has 2 unspecified atom stereocenters. The quantitative estimate of drug-likeness (QED) is 0.426. The molecule has 0 spiro atoms. The molecule has 0 aromatic heterocycles. The number of amides is 2. The molecule has 2 amide bonds. The van der Waals surface area contributed by atoms with Crippen LogP contribution in [-0.2, 0) is 10.2 Å². The summed E-state index contributed by atoms with van der Waals surface area (Å²) in [6.45, 7) is 6.78. The number of halogens is 2. The van der Waals surface area contributed by atoms with Crippen molar-refractivity contribution in [3.05, 3.63) is 100 Å². The summed E-state index contributed by atoms with van der Waals surface area (Å²) in [4.78, 5) is 28.8. The van der Waals surface area contributed by atoms with Crippen LogP contribution in [0.1, 0.15) is 61.1 Å². The number of hydrogen-bond acceptors (Lipinski definition) is 2. The maximum atomic E-state index is 14.7. The third-order valence-electron chi connectivity index (χ3n) is 6.54. The maximum Gasteiger partial charge on any atom is 0.258 e. The van der Waals surface area contributed by atoms with E-state index in [1.54, 1.807) is 4.90 Å². The summed E-state index contributed by atoms with van der Waals surface area (Å²) in [5.74, 6) is -1.84. The van der Waals surface area contributed by atoms with E-state index in [-0.39, 0.29) is 21.9 Å². The predicted molar refractivity (Wildman–Crippen MR) is 138 cm³/mol. The predicted octanol–water partition coefficient (Wildman–Crippen LogP) is 7.01. The zero-order chi connectivity index (χ0) is 25.2. The standard InChI is InChI=1S/C29H30ClFN2O2/c1-29(2,3)20-12-7-13-21(18-20)32-27(34)22-14-9-17-33(26(22)19-10-5-4-6-11-19)28(35)25-23(30)15-8-16-24(25)31/h4-8,10-13,15-16,18,22,26H,9,14,17H2,1-3H3,(H,32,34). The maximum absolute atomic E-state index is 14.7. The van der Waals surface area contributed by atoms with Crippen LogP contribution in [0.5, 0.6) is 0 Å². The van der Waals surface area contributed by atoms with Crippen molar-refractivity contribution in [3.8, 4) is 0 Å². The van der Waals surface area contributed by atoms with E-state index in [0.717, 1.165) is 16.8 Å². The molecule has 2 atom stereocenters. The Labute approximate surface area is 211 Å². The second kappa shape index (κ2) is 10.2. The van der Waals surface area contributed by atoms with Crippen LogP contribution < -0.4 is 5.32 Å². The fourth-order valence-electron chi connectivity index (χ4n) is 4.70. The molecule has 1 saturated heterocycles. The Morgan fingerprint density at radius 3 is 2.40 bits per heavy atom. The third kappa shape index (κ3) is 5.40. The molecule has 3 aromatic rings. The van der Waals surface area contributed by atoms with Crippen LogP contribution in [-0.4, -0.2) is 23.3 Å². The van der Waals surface area contributed by atoms with Gasteiger partial charge in [0.15, 0.2) is 0 Å². The summed E-state index contributed by atoms with van der Waals surface area (Å²) in [6.07, 6.45) is 1.24. The molecule has 6 heteroatoms. The first-order chi connectivity index (χ1) is 16.7. The molecule has 4 rings (SSSR count). The Morgan fingerprint density at radius 1 is 1.00 bits per heavy atom. The average molecular weight is 493 g/mol. The van der Waals surface area contributed by atoms with Crippen molar-refractivity contribution in [2.24, 2.45) is 5.92 Å². The molecule has 4 nitrogen and oxygen atoms in total. The van der Waals surface area contributed by atoms with Crippen LogP contribution in [0.3, 0.4) is 0 Å². The van der Waals surface area contributed by atoms with Crippen molar-refractivity contribution >= 4 is 29.1 Å². The van der Waals surface area contributed by atoms with E-state index in [4.69, 9.17) is 11.6 Å². The van der Waals surface area contributed by atoms with Gasteiger partial charge in [0.1, 0.15) is 5.82 Å². The zero-order valence-corrected chi connectivity index (χ0v) is 21.0. The van der Waals surface area contributed by atoms with E-state index in [1.165, 1.54) is 18.2 Å². The first kappa shape index (κ1) is 24.9. The highest BCUT2D eigenvalue weighted by Crippen LogP contribution is 2.39. The van der Waals surface area contributed by atoms with Gasteiger partial charge in [0.2, 0.25) is 5.91 Å². The lowest BCUT2D eigenvalue weighted by atomic mass is 9.83. The number of benzene rings is 3. The number of hydrogen-bond donors (Lipinski definition) is 1.